The molecule has 28 heavy (non-hydrogen) atoms. The first-order valence-corrected chi connectivity index (χ1v) is 10.6. The van der Waals surface area contributed by atoms with Crippen LogP contribution in [0.1, 0.15) is 0 Å². The van der Waals surface area contributed by atoms with Gasteiger partial charge in [0, 0.05) is 12.4 Å². The maximum Gasteiger partial charge on any atom is 0.371 e. The quantitative estimate of drug-likeness (QED) is 0.156. The van der Waals surface area contributed by atoms with Crippen molar-refractivity contribution >= 4 is 15.2 Å². The van der Waals surface area contributed by atoms with Gasteiger partial charge in [0.15, 0.2) is 0 Å². The van der Waals surface area contributed by atoms with Crippen LogP contribution in [0.5, 0.6) is 0 Å². The van der Waals surface area contributed by atoms with E-state index in [-0.39, 0.29) is 0 Å². The Hall–Kier alpha value is -0.770. The first-order chi connectivity index (χ1) is 12.6. The highest BCUT2D eigenvalue weighted by atomic mass is 31.2. The van der Waals surface area contributed by atoms with Crippen LogP contribution in [0.2, 0.25) is 0 Å². The minimum atomic E-state index is -5.41. The summed E-state index contributed by atoms with van der Waals surface area (Å²) in [4.78, 5) is 38.7. The van der Waals surface area contributed by atoms with E-state index in [1.54, 1.807) is 0 Å². The zero-order chi connectivity index (χ0) is 22.3. The van der Waals surface area contributed by atoms with Gasteiger partial charge < -0.3 is 59.9 Å². The number of aliphatic hydroxyl groups excluding tert-OH is 6. The van der Waals surface area contributed by atoms with Crippen LogP contribution in [-0.4, -0.2) is 108 Å². The fourth-order valence-electron chi connectivity index (χ4n) is 1.65. The van der Waals surface area contributed by atoms with E-state index in [4.69, 9.17) is 50.2 Å². The Morgan fingerprint density at radius 2 is 1.29 bits per heavy atom. The molecule has 0 fully saturated rings. The van der Waals surface area contributed by atoms with Crippen LogP contribution < -0.4 is 0 Å². The SMILES string of the molecule is O=P(O)(O)C(O)(Cn1ccnc1)P(=O)(O)O.OC[C@@H](O)[C@@H](O)[C@H](O)[C@H](O)CO. The molecule has 11 N–H and O–H groups in total. The van der Waals surface area contributed by atoms with E-state index in [9.17, 15) is 14.2 Å². The van der Waals surface area contributed by atoms with E-state index in [0.717, 1.165) is 10.9 Å². The molecule has 15 nitrogen and oxygen atoms in total. The molecular formula is C11H24N2O13P2. The second-order valence-electron chi connectivity index (χ2n) is 5.58. The van der Waals surface area contributed by atoms with Crippen molar-refractivity contribution < 1.29 is 64.4 Å². The third-order valence-corrected chi connectivity index (χ3v) is 7.11. The molecule has 1 rings (SSSR count). The zero-order valence-electron chi connectivity index (χ0n) is 14.2. The molecule has 1 aromatic heterocycles. The molecular weight excluding hydrogens is 430 g/mol. The van der Waals surface area contributed by atoms with Crippen LogP contribution in [0, 0.1) is 0 Å². The van der Waals surface area contributed by atoms with Crippen molar-refractivity contribution in [2.24, 2.45) is 0 Å². The Balaban J connectivity index is 0.000000546. The van der Waals surface area contributed by atoms with E-state index >= 15 is 0 Å². The standard InChI is InChI=1S/C6H14O6.C5H10N2O7P2/c7-1-3(9)5(11)6(12)4(10)2-8;8-5(15(9,10)11,16(12,13)14)3-7-2-1-6-4-7/h3-12H,1-2H2;1-2,4,8H,3H2,(H2,9,10,11)(H2,12,13,14)/t3-,4-,5-,6-;/m1./s1. The van der Waals surface area contributed by atoms with Crippen molar-refractivity contribution in [1.82, 2.24) is 9.55 Å². The molecule has 0 spiro atoms. The highest BCUT2D eigenvalue weighted by molar-refractivity contribution is 7.72. The molecule has 0 saturated carbocycles. The molecule has 0 amide bonds. The summed E-state index contributed by atoms with van der Waals surface area (Å²) in [6.45, 7) is -2.41. The van der Waals surface area contributed by atoms with Gasteiger partial charge in [-0.2, -0.15) is 0 Å². The van der Waals surface area contributed by atoms with Crippen LogP contribution in [0.3, 0.4) is 0 Å². The molecule has 0 aliphatic heterocycles. The molecule has 0 aliphatic rings. The predicted molar refractivity (Wildman–Crippen MR) is 89.5 cm³/mol. The maximum absolute atomic E-state index is 10.9. The van der Waals surface area contributed by atoms with Crippen molar-refractivity contribution in [3.05, 3.63) is 18.7 Å². The van der Waals surface area contributed by atoms with Gasteiger partial charge in [-0.3, -0.25) is 9.13 Å². The van der Waals surface area contributed by atoms with Crippen molar-refractivity contribution in [3.63, 3.8) is 0 Å². The van der Waals surface area contributed by atoms with Gasteiger partial charge >= 0.3 is 15.2 Å². The zero-order valence-corrected chi connectivity index (χ0v) is 16.0. The number of imidazole rings is 1. The summed E-state index contributed by atoms with van der Waals surface area (Å²) < 4.78 is 22.8. The van der Waals surface area contributed by atoms with E-state index in [0.29, 0.717) is 0 Å². The molecule has 17 heteroatoms. The summed E-state index contributed by atoms with van der Waals surface area (Å²) in [5.74, 6) is 0. The van der Waals surface area contributed by atoms with Gasteiger partial charge in [-0.15, -0.1) is 0 Å². The van der Waals surface area contributed by atoms with E-state index in [2.05, 4.69) is 4.98 Å². The fraction of sp³-hybridized carbons (Fsp3) is 0.727. The van der Waals surface area contributed by atoms with E-state index < -0.39 is 64.4 Å². The monoisotopic (exact) mass is 454 g/mol. The van der Waals surface area contributed by atoms with Crippen LogP contribution in [0.4, 0.5) is 0 Å². The number of hydrogen-bond donors (Lipinski definition) is 11. The van der Waals surface area contributed by atoms with Gasteiger partial charge in [0.2, 0.25) is 0 Å². The highest BCUT2D eigenvalue weighted by Gasteiger charge is 2.59. The lowest BCUT2D eigenvalue weighted by atomic mass is 10.0. The number of aliphatic hydroxyl groups is 7. The van der Waals surface area contributed by atoms with Gasteiger partial charge in [0.25, 0.3) is 5.08 Å². The Morgan fingerprint density at radius 3 is 1.54 bits per heavy atom. The maximum atomic E-state index is 10.9. The Bertz CT molecular complexity index is 623. The lowest BCUT2D eigenvalue weighted by Gasteiger charge is -2.29. The van der Waals surface area contributed by atoms with Crippen molar-refractivity contribution in [1.29, 1.82) is 0 Å². The average molecular weight is 454 g/mol. The topological polar surface area (TPSA) is 274 Å². The average Bonchev–Trinajstić information content (AvgIpc) is 3.10. The number of hydrogen-bond acceptors (Lipinski definition) is 10. The van der Waals surface area contributed by atoms with Crippen LogP contribution in [0.25, 0.3) is 0 Å². The molecule has 0 aliphatic carbocycles. The minimum Gasteiger partial charge on any atom is -0.394 e. The third-order valence-electron chi connectivity index (χ3n) is 3.40. The Kier molecular flexibility index (Phi) is 10.6. The molecule has 166 valence electrons. The van der Waals surface area contributed by atoms with Crippen molar-refractivity contribution in [2.75, 3.05) is 13.2 Å². The second-order valence-corrected chi connectivity index (χ2v) is 9.59. The summed E-state index contributed by atoms with van der Waals surface area (Å²) in [5.41, 5.74) is 0. The Morgan fingerprint density at radius 1 is 0.893 bits per heavy atom. The summed E-state index contributed by atoms with van der Waals surface area (Å²) in [6.07, 6.45) is -2.89. The van der Waals surface area contributed by atoms with Gasteiger partial charge in [0.05, 0.1) is 26.1 Å². The van der Waals surface area contributed by atoms with Crippen LogP contribution in [-0.2, 0) is 15.7 Å². The lowest BCUT2D eigenvalue weighted by Crippen LogP contribution is -2.46. The second kappa shape index (κ2) is 10.8. The Labute approximate surface area is 158 Å². The summed E-state index contributed by atoms with van der Waals surface area (Å²) >= 11 is 0. The third kappa shape index (κ3) is 7.24. The molecule has 0 aromatic carbocycles. The molecule has 0 radical (unpaired) electrons. The molecule has 0 unspecified atom stereocenters. The lowest BCUT2D eigenvalue weighted by molar-refractivity contribution is -0.123. The van der Waals surface area contributed by atoms with Gasteiger partial charge in [0.1, 0.15) is 24.4 Å². The molecule has 0 bridgehead atoms. The van der Waals surface area contributed by atoms with Gasteiger partial charge in [-0.1, -0.05) is 0 Å². The predicted octanol–water partition coefficient (Wildman–Crippen LogP) is -4.70. The summed E-state index contributed by atoms with van der Waals surface area (Å²) in [7, 11) is -10.8. The van der Waals surface area contributed by atoms with Crippen LogP contribution in [0.15, 0.2) is 18.7 Å². The van der Waals surface area contributed by atoms with Gasteiger partial charge in [-0.25, -0.2) is 4.98 Å². The number of nitrogens with zero attached hydrogens (tertiary/aromatic N) is 2. The smallest absolute Gasteiger partial charge is 0.371 e. The van der Waals surface area contributed by atoms with E-state index in [1.165, 1.54) is 12.4 Å². The number of aromatic nitrogens is 2. The largest absolute Gasteiger partial charge is 0.394 e. The van der Waals surface area contributed by atoms with Crippen molar-refractivity contribution in [2.45, 2.75) is 36.0 Å². The normalized spacial score (nSPS) is 17.2. The fourth-order valence-corrected chi connectivity index (χ4v) is 3.70. The molecule has 4 atom stereocenters. The molecule has 0 saturated heterocycles. The first kappa shape index (κ1) is 27.2. The number of rotatable bonds is 9. The van der Waals surface area contributed by atoms with Crippen molar-refractivity contribution in [3.8, 4) is 0 Å². The minimum absolute atomic E-state index is 0.726. The van der Waals surface area contributed by atoms with Gasteiger partial charge in [-0.05, 0) is 0 Å². The van der Waals surface area contributed by atoms with E-state index in [1.807, 2.05) is 0 Å². The highest BCUT2D eigenvalue weighted by Crippen LogP contribution is 2.67. The first-order valence-electron chi connectivity index (χ1n) is 7.35. The van der Waals surface area contributed by atoms with Crippen LogP contribution >= 0.6 is 15.2 Å². The molecule has 1 heterocycles. The summed E-state index contributed by atoms with van der Waals surface area (Å²) in [5, 5.41) is 58.2. The summed E-state index contributed by atoms with van der Waals surface area (Å²) in [6, 6.07) is 0. The molecule has 1 aromatic rings.